The van der Waals surface area contributed by atoms with Crippen LogP contribution in [0.2, 0.25) is 0 Å². The van der Waals surface area contributed by atoms with E-state index in [4.69, 9.17) is 9.97 Å². The molecule has 1 atom stereocenters. The minimum Gasteiger partial charge on any atom is -0.332 e. The topological polar surface area (TPSA) is 66.4 Å². The first kappa shape index (κ1) is 22.1. The quantitative estimate of drug-likeness (QED) is 0.676. The first-order valence-corrected chi connectivity index (χ1v) is 12.6. The average Bonchev–Trinajstić information content (AvgIpc) is 3.19. The van der Waals surface area contributed by atoms with E-state index in [1.165, 1.54) is 12.0 Å². The molecule has 1 aromatic heterocycles. The number of benzene rings is 1. The number of rotatable bonds is 5. The van der Waals surface area contributed by atoms with Crippen LogP contribution in [-0.4, -0.2) is 39.8 Å². The lowest BCUT2D eigenvalue weighted by Gasteiger charge is -2.38. The molecule has 2 aromatic rings. The molecule has 0 unspecified atom stereocenters. The van der Waals surface area contributed by atoms with Gasteiger partial charge in [-0.25, -0.2) is 9.97 Å². The van der Waals surface area contributed by atoms with Crippen molar-refractivity contribution in [3.8, 4) is 0 Å². The molecule has 174 valence electrons. The van der Waals surface area contributed by atoms with E-state index in [0.717, 1.165) is 80.8 Å². The molecular formula is C27H34N4O2. The molecule has 0 radical (unpaired) electrons. The SMILES string of the molecule is Cc1nc([C@H]2CCCCN2C(=O)C2CCCCC2)nc2c1CC(=O)N2CCc1ccccc1. The van der Waals surface area contributed by atoms with E-state index in [2.05, 4.69) is 17.0 Å². The van der Waals surface area contributed by atoms with Crippen molar-refractivity contribution < 1.29 is 9.59 Å². The van der Waals surface area contributed by atoms with E-state index < -0.39 is 0 Å². The molecule has 1 saturated heterocycles. The fraction of sp³-hybridized carbons (Fsp3) is 0.556. The van der Waals surface area contributed by atoms with Crippen molar-refractivity contribution >= 4 is 17.6 Å². The van der Waals surface area contributed by atoms with Crippen molar-refractivity contribution in [2.45, 2.75) is 77.2 Å². The van der Waals surface area contributed by atoms with Crippen LogP contribution in [0.25, 0.3) is 0 Å². The van der Waals surface area contributed by atoms with E-state index in [1.807, 2.05) is 30.0 Å². The summed E-state index contributed by atoms with van der Waals surface area (Å²) in [5, 5.41) is 0. The molecule has 2 aliphatic heterocycles. The maximum atomic E-state index is 13.4. The van der Waals surface area contributed by atoms with Gasteiger partial charge in [0.15, 0.2) is 5.82 Å². The van der Waals surface area contributed by atoms with E-state index >= 15 is 0 Å². The maximum Gasteiger partial charge on any atom is 0.232 e. The van der Waals surface area contributed by atoms with Crippen LogP contribution in [-0.2, 0) is 22.4 Å². The van der Waals surface area contributed by atoms with Crippen LogP contribution in [0.3, 0.4) is 0 Å². The molecule has 1 aliphatic carbocycles. The summed E-state index contributed by atoms with van der Waals surface area (Å²) in [4.78, 5) is 40.0. The zero-order valence-corrected chi connectivity index (χ0v) is 19.6. The smallest absolute Gasteiger partial charge is 0.232 e. The Bertz CT molecular complexity index is 1020. The van der Waals surface area contributed by atoms with Gasteiger partial charge in [0.25, 0.3) is 0 Å². The number of carbonyl (C=O) groups is 2. The number of anilines is 1. The number of hydrogen-bond donors (Lipinski definition) is 0. The Balaban J connectivity index is 1.40. The number of nitrogens with zero attached hydrogens (tertiary/aromatic N) is 4. The largest absolute Gasteiger partial charge is 0.332 e. The number of amides is 2. The van der Waals surface area contributed by atoms with Gasteiger partial charge in [-0.1, -0.05) is 49.6 Å². The second-order valence-electron chi connectivity index (χ2n) is 9.81. The second kappa shape index (κ2) is 9.62. The van der Waals surface area contributed by atoms with Crippen LogP contribution in [0, 0.1) is 12.8 Å². The lowest BCUT2D eigenvalue weighted by atomic mass is 9.87. The molecule has 6 heteroatoms. The van der Waals surface area contributed by atoms with Gasteiger partial charge in [0, 0.05) is 30.3 Å². The molecule has 0 bridgehead atoms. The third kappa shape index (κ3) is 4.53. The highest BCUT2D eigenvalue weighted by Gasteiger charge is 2.37. The summed E-state index contributed by atoms with van der Waals surface area (Å²) < 4.78 is 0. The van der Waals surface area contributed by atoms with Crippen molar-refractivity contribution in [3.05, 3.63) is 53.0 Å². The molecule has 1 aromatic carbocycles. The first-order valence-electron chi connectivity index (χ1n) is 12.6. The summed E-state index contributed by atoms with van der Waals surface area (Å²) in [6, 6.07) is 10.2. The van der Waals surface area contributed by atoms with Crippen molar-refractivity contribution in [1.29, 1.82) is 0 Å². The summed E-state index contributed by atoms with van der Waals surface area (Å²) in [6.45, 7) is 3.38. The molecule has 0 spiro atoms. The Morgan fingerprint density at radius 1 is 1.00 bits per heavy atom. The van der Waals surface area contributed by atoms with Gasteiger partial charge in [-0.3, -0.25) is 14.5 Å². The summed E-state index contributed by atoms with van der Waals surface area (Å²) >= 11 is 0. The summed E-state index contributed by atoms with van der Waals surface area (Å²) in [6.07, 6.45) is 9.74. The number of aromatic nitrogens is 2. The molecule has 5 rings (SSSR count). The molecule has 3 heterocycles. The zero-order valence-electron chi connectivity index (χ0n) is 19.6. The predicted octanol–water partition coefficient (Wildman–Crippen LogP) is 4.55. The summed E-state index contributed by atoms with van der Waals surface area (Å²) in [7, 11) is 0. The van der Waals surface area contributed by atoms with E-state index in [1.54, 1.807) is 0 Å². The molecule has 33 heavy (non-hydrogen) atoms. The van der Waals surface area contributed by atoms with E-state index in [0.29, 0.717) is 13.0 Å². The molecule has 1 saturated carbocycles. The highest BCUT2D eigenvalue weighted by molar-refractivity contribution is 6.00. The van der Waals surface area contributed by atoms with Crippen molar-refractivity contribution in [2.24, 2.45) is 5.92 Å². The van der Waals surface area contributed by atoms with Gasteiger partial charge in [-0.05, 0) is 51.0 Å². The van der Waals surface area contributed by atoms with Gasteiger partial charge in [-0.2, -0.15) is 0 Å². The van der Waals surface area contributed by atoms with Crippen molar-refractivity contribution in [3.63, 3.8) is 0 Å². The maximum absolute atomic E-state index is 13.4. The minimum atomic E-state index is -0.0798. The standard InChI is InChI=1S/C27H34N4O2/c1-19-22-18-24(32)31(17-15-20-10-4-2-5-11-20)26(22)29-25(28-19)23-14-8-9-16-30(23)27(33)21-12-6-3-7-13-21/h2,4-5,10-11,21,23H,3,6-9,12-18H2,1H3/t23-/m1/s1. The number of likely N-dealkylation sites (tertiary alicyclic amines) is 1. The fourth-order valence-corrected chi connectivity index (χ4v) is 5.71. The minimum absolute atomic E-state index is 0.0798. The zero-order chi connectivity index (χ0) is 22.8. The number of fused-ring (bicyclic) bond motifs is 1. The number of aryl methyl sites for hydroxylation is 1. The van der Waals surface area contributed by atoms with E-state index in [-0.39, 0.29) is 23.8 Å². The van der Waals surface area contributed by atoms with Crippen LogP contribution in [0.1, 0.15) is 80.1 Å². The third-order valence-corrected chi connectivity index (χ3v) is 7.60. The first-order chi connectivity index (χ1) is 16.1. The average molecular weight is 447 g/mol. The lowest BCUT2D eigenvalue weighted by molar-refractivity contribution is -0.140. The van der Waals surface area contributed by atoms with Crippen molar-refractivity contribution in [2.75, 3.05) is 18.0 Å². The van der Waals surface area contributed by atoms with Crippen LogP contribution < -0.4 is 4.90 Å². The predicted molar refractivity (Wildman–Crippen MR) is 128 cm³/mol. The normalized spacial score (nSPS) is 21.4. The fourth-order valence-electron chi connectivity index (χ4n) is 5.71. The lowest BCUT2D eigenvalue weighted by Crippen LogP contribution is -2.43. The monoisotopic (exact) mass is 446 g/mol. The van der Waals surface area contributed by atoms with Gasteiger partial charge in [0.2, 0.25) is 11.8 Å². The highest BCUT2D eigenvalue weighted by Crippen LogP contribution is 2.36. The number of piperidine rings is 1. The molecular weight excluding hydrogens is 412 g/mol. The van der Waals surface area contributed by atoms with Crippen LogP contribution >= 0.6 is 0 Å². The van der Waals surface area contributed by atoms with Crippen LogP contribution in [0.5, 0.6) is 0 Å². The number of hydrogen-bond acceptors (Lipinski definition) is 4. The third-order valence-electron chi connectivity index (χ3n) is 7.60. The second-order valence-corrected chi connectivity index (χ2v) is 9.81. The van der Waals surface area contributed by atoms with Gasteiger partial charge < -0.3 is 4.90 Å². The Labute approximate surface area is 196 Å². The van der Waals surface area contributed by atoms with Gasteiger partial charge >= 0.3 is 0 Å². The van der Waals surface area contributed by atoms with Crippen LogP contribution in [0.4, 0.5) is 5.82 Å². The molecule has 0 N–H and O–H groups in total. The van der Waals surface area contributed by atoms with E-state index in [9.17, 15) is 9.59 Å². The van der Waals surface area contributed by atoms with Crippen LogP contribution in [0.15, 0.2) is 30.3 Å². The Kier molecular flexibility index (Phi) is 6.43. The Hall–Kier alpha value is -2.76. The molecule has 3 aliphatic rings. The molecule has 2 fully saturated rings. The van der Waals surface area contributed by atoms with Gasteiger partial charge in [0.05, 0.1) is 12.5 Å². The Morgan fingerprint density at radius 3 is 2.55 bits per heavy atom. The van der Waals surface area contributed by atoms with Gasteiger partial charge in [0.1, 0.15) is 5.82 Å². The summed E-state index contributed by atoms with van der Waals surface area (Å²) in [5.41, 5.74) is 3.03. The molecule has 2 amide bonds. The van der Waals surface area contributed by atoms with Crippen molar-refractivity contribution in [1.82, 2.24) is 14.9 Å². The Morgan fingerprint density at radius 2 is 1.76 bits per heavy atom. The summed E-state index contributed by atoms with van der Waals surface area (Å²) in [5.74, 6) is 2.01. The number of carbonyl (C=O) groups excluding carboxylic acids is 2. The highest BCUT2D eigenvalue weighted by atomic mass is 16.2. The van der Waals surface area contributed by atoms with Gasteiger partial charge in [-0.15, -0.1) is 0 Å². The molecule has 6 nitrogen and oxygen atoms in total.